The molecule has 0 rings (SSSR count). The molecular weight excluding hydrogens is 157 g/mol. The molecule has 2 radical (unpaired) electrons. The Hall–Kier alpha value is 2.75. The smallest absolute Gasteiger partial charge is 0.303 e. The van der Waals surface area contributed by atoms with Crippen molar-refractivity contribution in [3.05, 3.63) is 0 Å². The van der Waals surface area contributed by atoms with E-state index in [1.165, 1.54) is 0 Å². The standard InChI is InChI=1S/K.Na.H3O4P/c;;1-5(2,3)4/h;;(H3,1,2,3,4). The van der Waals surface area contributed by atoms with E-state index in [-0.39, 0.29) is 80.9 Å². The van der Waals surface area contributed by atoms with E-state index in [1.807, 2.05) is 0 Å². The summed E-state index contributed by atoms with van der Waals surface area (Å²) < 4.78 is 8.88. The van der Waals surface area contributed by atoms with Crippen LogP contribution >= 0.6 is 7.82 Å². The summed E-state index contributed by atoms with van der Waals surface area (Å²) in [5, 5.41) is 0. The van der Waals surface area contributed by atoms with Crippen molar-refractivity contribution in [2.75, 3.05) is 0 Å². The Balaban J connectivity index is -0.0000000800. The van der Waals surface area contributed by atoms with Crippen molar-refractivity contribution >= 4 is 88.8 Å². The summed E-state index contributed by atoms with van der Waals surface area (Å²) in [6.45, 7) is 0. The Morgan fingerprint density at radius 3 is 1.14 bits per heavy atom. The van der Waals surface area contributed by atoms with Crippen LogP contribution in [0.1, 0.15) is 0 Å². The Labute approximate surface area is 106 Å². The SMILES string of the molecule is O=P(O)(O)O.[K].[Na]. The van der Waals surface area contributed by atoms with E-state index in [0.717, 1.165) is 0 Å². The molecule has 0 bridgehead atoms. The van der Waals surface area contributed by atoms with Crippen LogP contribution in [0.4, 0.5) is 0 Å². The number of rotatable bonds is 0. The van der Waals surface area contributed by atoms with Gasteiger partial charge in [-0.05, 0) is 0 Å². The zero-order valence-electron chi connectivity index (χ0n) is 4.20. The monoisotopic (exact) mass is 160 g/mol. The number of phosphoric acid groups is 1. The summed E-state index contributed by atoms with van der Waals surface area (Å²) in [4.78, 5) is 21.6. The van der Waals surface area contributed by atoms with E-state index in [1.54, 1.807) is 0 Å². The van der Waals surface area contributed by atoms with Gasteiger partial charge >= 0.3 is 7.82 Å². The molecule has 0 aliphatic rings. The van der Waals surface area contributed by atoms with E-state index in [0.29, 0.717) is 0 Å². The molecule has 0 unspecified atom stereocenters. The van der Waals surface area contributed by atoms with Crippen LogP contribution in [0.25, 0.3) is 0 Å². The predicted octanol–water partition coefficient (Wildman–Crippen LogP) is -1.69. The molecule has 0 amide bonds. The molecule has 0 aromatic rings. The molecule has 0 heterocycles. The van der Waals surface area contributed by atoms with Crippen LogP contribution in [0, 0.1) is 0 Å². The summed E-state index contributed by atoms with van der Waals surface area (Å²) in [5.41, 5.74) is 0. The van der Waals surface area contributed by atoms with Crippen molar-refractivity contribution in [3.63, 3.8) is 0 Å². The maximum Gasteiger partial charge on any atom is 0.466 e. The van der Waals surface area contributed by atoms with Crippen LogP contribution < -0.4 is 0 Å². The molecular formula is H3KNaO4P. The van der Waals surface area contributed by atoms with Crippen molar-refractivity contribution in [2.45, 2.75) is 0 Å². The largest absolute Gasteiger partial charge is 0.466 e. The van der Waals surface area contributed by atoms with E-state index in [2.05, 4.69) is 0 Å². The summed E-state index contributed by atoms with van der Waals surface area (Å²) >= 11 is 0. The maximum atomic E-state index is 8.88. The topological polar surface area (TPSA) is 77.8 Å². The van der Waals surface area contributed by atoms with Crippen molar-refractivity contribution in [3.8, 4) is 0 Å². The summed E-state index contributed by atoms with van der Waals surface area (Å²) in [6, 6.07) is 0. The minimum absolute atomic E-state index is 0. The summed E-state index contributed by atoms with van der Waals surface area (Å²) in [6.07, 6.45) is 0. The third-order valence-electron chi connectivity index (χ3n) is 0. The average Bonchev–Trinajstić information content (AvgIpc) is 0.722. The van der Waals surface area contributed by atoms with Gasteiger partial charge in [-0.1, -0.05) is 0 Å². The third-order valence-corrected chi connectivity index (χ3v) is 0. The van der Waals surface area contributed by atoms with Crippen LogP contribution in [-0.2, 0) is 4.57 Å². The predicted molar refractivity (Wildman–Crippen MR) is 25.8 cm³/mol. The molecule has 0 aliphatic carbocycles. The fourth-order valence-corrected chi connectivity index (χ4v) is 0. The van der Waals surface area contributed by atoms with Crippen LogP contribution in [0.15, 0.2) is 0 Å². The van der Waals surface area contributed by atoms with Gasteiger partial charge in [-0.25, -0.2) is 4.57 Å². The van der Waals surface area contributed by atoms with Gasteiger partial charge in [0.05, 0.1) is 0 Å². The van der Waals surface area contributed by atoms with E-state index in [4.69, 9.17) is 19.2 Å². The molecule has 0 saturated heterocycles. The van der Waals surface area contributed by atoms with Crippen molar-refractivity contribution in [1.29, 1.82) is 0 Å². The Kier molecular flexibility index (Phi) is 16.1. The molecule has 0 aromatic carbocycles. The first kappa shape index (κ1) is 16.4. The van der Waals surface area contributed by atoms with Gasteiger partial charge in [0, 0.05) is 80.9 Å². The molecule has 7 heteroatoms. The zero-order valence-corrected chi connectivity index (χ0v) is 10.2. The molecule has 7 heavy (non-hydrogen) atoms. The summed E-state index contributed by atoms with van der Waals surface area (Å²) in [7, 11) is -4.64. The van der Waals surface area contributed by atoms with Crippen molar-refractivity contribution in [2.24, 2.45) is 0 Å². The first-order valence-electron chi connectivity index (χ1n) is 0.783. The van der Waals surface area contributed by atoms with Gasteiger partial charge in [-0.3, -0.25) is 0 Å². The Morgan fingerprint density at radius 2 is 1.14 bits per heavy atom. The van der Waals surface area contributed by atoms with Crippen LogP contribution in [0.3, 0.4) is 0 Å². The zero-order chi connectivity index (χ0) is 4.50. The number of hydrogen-bond donors (Lipinski definition) is 3. The molecule has 3 N–H and O–H groups in total. The van der Waals surface area contributed by atoms with Gasteiger partial charge in [-0.2, -0.15) is 0 Å². The second kappa shape index (κ2) is 6.86. The van der Waals surface area contributed by atoms with Gasteiger partial charge in [0.15, 0.2) is 0 Å². The fourth-order valence-electron chi connectivity index (χ4n) is 0. The van der Waals surface area contributed by atoms with E-state index < -0.39 is 7.82 Å². The molecule has 0 aromatic heterocycles. The number of hydrogen-bond acceptors (Lipinski definition) is 1. The van der Waals surface area contributed by atoms with Crippen LogP contribution in [0.5, 0.6) is 0 Å². The minimum Gasteiger partial charge on any atom is -0.303 e. The first-order chi connectivity index (χ1) is 2.00. The van der Waals surface area contributed by atoms with Crippen molar-refractivity contribution < 1.29 is 19.2 Å². The molecule has 0 saturated carbocycles. The summed E-state index contributed by atoms with van der Waals surface area (Å²) in [5.74, 6) is 0. The second-order valence-electron chi connectivity index (χ2n) is 0.513. The normalized spacial score (nSPS) is 8.43. The van der Waals surface area contributed by atoms with Gasteiger partial charge < -0.3 is 14.7 Å². The van der Waals surface area contributed by atoms with Crippen molar-refractivity contribution in [1.82, 2.24) is 0 Å². The molecule has 0 aliphatic heterocycles. The Morgan fingerprint density at radius 1 is 1.14 bits per heavy atom. The van der Waals surface area contributed by atoms with Gasteiger partial charge in [-0.15, -0.1) is 0 Å². The molecule has 0 spiro atoms. The fraction of sp³-hybridized carbons (Fsp3) is 0. The Bertz CT molecular complexity index is 57.8. The quantitative estimate of drug-likeness (QED) is 0.292. The third kappa shape index (κ3) is 52.8. The van der Waals surface area contributed by atoms with Gasteiger partial charge in [0.1, 0.15) is 0 Å². The molecule has 34 valence electrons. The van der Waals surface area contributed by atoms with Gasteiger partial charge in [0.25, 0.3) is 0 Å². The van der Waals surface area contributed by atoms with Crippen LogP contribution in [-0.4, -0.2) is 95.6 Å². The van der Waals surface area contributed by atoms with Crippen LogP contribution in [0.2, 0.25) is 0 Å². The maximum absolute atomic E-state index is 8.88. The van der Waals surface area contributed by atoms with E-state index in [9.17, 15) is 0 Å². The second-order valence-corrected chi connectivity index (χ2v) is 1.54. The average molecular weight is 160 g/mol. The molecule has 0 fully saturated rings. The molecule has 0 atom stereocenters. The molecule has 4 nitrogen and oxygen atoms in total. The van der Waals surface area contributed by atoms with E-state index >= 15 is 0 Å². The first-order valence-corrected chi connectivity index (χ1v) is 2.35. The minimum atomic E-state index is -4.64. The van der Waals surface area contributed by atoms with Gasteiger partial charge in [0.2, 0.25) is 0 Å².